The van der Waals surface area contributed by atoms with E-state index in [0.717, 1.165) is 4.90 Å². The molecule has 1 saturated heterocycles. The van der Waals surface area contributed by atoms with Crippen LogP contribution in [0, 0.1) is 0 Å². The number of carboxylic acid groups (broad SMARTS) is 1. The monoisotopic (exact) mass is 272 g/mol. The van der Waals surface area contributed by atoms with E-state index in [-0.39, 0.29) is 13.0 Å². The van der Waals surface area contributed by atoms with Gasteiger partial charge in [-0.3, -0.25) is 0 Å². The molecule has 2 N–H and O–H groups in total. The van der Waals surface area contributed by atoms with E-state index in [1.165, 1.54) is 0 Å². The predicted octanol–water partition coefficient (Wildman–Crippen LogP) is 1.15. The Bertz CT molecular complexity index is 338. The summed E-state index contributed by atoms with van der Waals surface area (Å²) in [5.41, 5.74) is 0. The average Bonchev–Trinajstić information content (AvgIpc) is 2.74. The normalized spacial score (nSPS) is 20.3. The molecule has 0 saturated carbocycles. The number of halogens is 4. The molecule has 18 heavy (non-hydrogen) atoms. The Morgan fingerprint density at radius 3 is 2.56 bits per heavy atom. The highest BCUT2D eigenvalue weighted by molar-refractivity contribution is 5.83. The topological polar surface area (TPSA) is 69.6 Å². The first kappa shape index (κ1) is 14.5. The number of nitrogens with zero attached hydrogens (tertiary/aromatic N) is 1. The van der Waals surface area contributed by atoms with Gasteiger partial charge in [0.05, 0.1) is 6.54 Å². The van der Waals surface area contributed by atoms with E-state index in [9.17, 15) is 27.2 Å². The average molecular weight is 272 g/mol. The summed E-state index contributed by atoms with van der Waals surface area (Å²) in [6.45, 7) is -1.42. The number of rotatable bonds is 4. The Hall–Kier alpha value is -1.54. The van der Waals surface area contributed by atoms with Gasteiger partial charge in [0.25, 0.3) is 0 Å². The molecule has 5 nitrogen and oxygen atoms in total. The van der Waals surface area contributed by atoms with Gasteiger partial charge in [0, 0.05) is 6.54 Å². The van der Waals surface area contributed by atoms with Gasteiger partial charge in [0.2, 0.25) is 0 Å². The fourth-order valence-corrected chi connectivity index (χ4v) is 1.64. The maximum absolute atomic E-state index is 12.5. The number of likely N-dealkylation sites (tertiary alicyclic amines) is 1. The van der Waals surface area contributed by atoms with Crippen LogP contribution in [-0.2, 0) is 4.79 Å². The van der Waals surface area contributed by atoms with Crippen molar-refractivity contribution in [3.63, 3.8) is 0 Å². The van der Waals surface area contributed by atoms with Crippen molar-refractivity contribution in [2.75, 3.05) is 13.1 Å². The van der Waals surface area contributed by atoms with Crippen LogP contribution in [0.3, 0.4) is 0 Å². The van der Waals surface area contributed by atoms with Crippen molar-refractivity contribution in [1.82, 2.24) is 10.2 Å². The fourth-order valence-electron chi connectivity index (χ4n) is 1.64. The minimum Gasteiger partial charge on any atom is -0.480 e. The third-order valence-corrected chi connectivity index (χ3v) is 2.59. The lowest BCUT2D eigenvalue weighted by Crippen LogP contribution is -2.50. The Kier molecular flexibility index (Phi) is 4.36. The van der Waals surface area contributed by atoms with Gasteiger partial charge in [-0.25, -0.2) is 18.4 Å². The number of aliphatic carboxylic acids is 1. The van der Waals surface area contributed by atoms with Crippen molar-refractivity contribution in [2.45, 2.75) is 31.2 Å². The van der Waals surface area contributed by atoms with Crippen LogP contribution in [0.2, 0.25) is 0 Å². The lowest BCUT2D eigenvalue weighted by molar-refractivity contribution is -0.141. The number of nitrogens with one attached hydrogen (secondary N) is 1. The van der Waals surface area contributed by atoms with Crippen LogP contribution in [0.5, 0.6) is 0 Å². The van der Waals surface area contributed by atoms with E-state index in [1.807, 2.05) is 0 Å². The minimum absolute atomic E-state index is 0.100. The number of carbonyl (C=O) groups excluding carboxylic acids is 1. The number of urea groups is 1. The van der Waals surface area contributed by atoms with Gasteiger partial charge in [-0.2, -0.15) is 8.78 Å². The number of amides is 2. The molecule has 1 aliphatic rings. The van der Waals surface area contributed by atoms with Crippen LogP contribution in [0.1, 0.15) is 12.8 Å². The Labute approximate surface area is 99.7 Å². The minimum atomic E-state index is -4.33. The summed E-state index contributed by atoms with van der Waals surface area (Å²) in [5.74, 6) is -5.57. The molecule has 9 heteroatoms. The number of carboxylic acids is 1. The van der Waals surface area contributed by atoms with Gasteiger partial charge in [-0.05, 0) is 12.8 Å². The van der Waals surface area contributed by atoms with Crippen LogP contribution in [0.25, 0.3) is 0 Å². The number of alkyl halides is 4. The highest BCUT2D eigenvalue weighted by atomic mass is 19.3. The molecule has 0 aromatic carbocycles. The van der Waals surface area contributed by atoms with E-state index in [2.05, 4.69) is 0 Å². The molecular formula is C9H12F4N2O3. The summed E-state index contributed by atoms with van der Waals surface area (Å²) >= 11 is 0. The van der Waals surface area contributed by atoms with Gasteiger partial charge in [-0.15, -0.1) is 0 Å². The van der Waals surface area contributed by atoms with Gasteiger partial charge >= 0.3 is 24.3 Å². The second-order valence-electron chi connectivity index (χ2n) is 3.91. The summed E-state index contributed by atoms with van der Waals surface area (Å²) in [6, 6.07) is -2.16. The fraction of sp³-hybridized carbons (Fsp3) is 0.778. The van der Waals surface area contributed by atoms with E-state index < -0.39 is 36.9 Å². The van der Waals surface area contributed by atoms with Crippen LogP contribution in [0.15, 0.2) is 0 Å². The molecule has 1 fully saturated rings. The van der Waals surface area contributed by atoms with Crippen LogP contribution >= 0.6 is 0 Å². The zero-order valence-corrected chi connectivity index (χ0v) is 9.21. The summed E-state index contributed by atoms with van der Waals surface area (Å²) in [6.07, 6.45) is -3.24. The molecule has 1 heterocycles. The highest BCUT2D eigenvalue weighted by Gasteiger charge is 2.42. The molecule has 0 aliphatic carbocycles. The van der Waals surface area contributed by atoms with Crippen molar-refractivity contribution < 1.29 is 32.3 Å². The summed E-state index contributed by atoms with van der Waals surface area (Å²) in [5, 5.41) is 10.4. The van der Waals surface area contributed by atoms with Crippen molar-refractivity contribution in [3.05, 3.63) is 0 Å². The largest absolute Gasteiger partial charge is 0.480 e. The molecule has 0 bridgehead atoms. The first-order valence-corrected chi connectivity index (χ1v) is 5.19. The smallest absolute Gasteiger partial charge is 0.326 e. The predicted molar refractivity (Wildman–Crippen MR) is 51.7 cm³/mol. The van der Waals surface area contributed by atoms with Crippen molar-refractivity contribution >= 4 is 12.0 Å². The Morgan fingerprint density at radius 2 is 2.06 bits per heavy atom. The zero-order valence-electron chi connectivity index (χ0n) is 9.21. The standard InChI is InChI=1S/C9H12F4N2O3/c10-7(11)9(12,13)4-14-8(18)15-3-1-2-5(15)6(16)17/h5,7H,1-4H2,(H,14,18)(H,16,17)/t5-/m0/s1. The summed E-state index contributed by atoms with van der Waals surface area (Å²) < 4.78 is 48.8. The summed E-state index contributed by atoms with van der Waals surface area (Å²) in [7, 11) is 0. The Morgan fingerprint density at radius 1 is 1.44 bits per heavy atom. The quantitative estimate of drug-likeness (QED) is 0.754. The molecule has 1 rings (SSSR count). The number of hydrogen-bond acceptors (Lipinski definition) is 2. The molecule has 0 aromatic rings. The van der Waals surface area contributed by atoms with E-state index >= 15 is 0 Å². The third kappa shape index (κ3) is 3.23. The SMILES string of the molecule is O=C(O)[C@@H]1CCCN1C(=O)NCC(F)(F)C(F)F. The molecule has 2 amide bonds. The molecule has 1 aliphatic heterocycles. The van der Waals surface area contributed by atoms with E-state index in [1.54, 1.807) is 5.32 Å². The lowest BCUT2D eigenvalue weighted by Gasteiger charge is -2.23. The maximum atomic E-state index is 12.5. The number of hydrogen-bond donors (Lipinski definition) is 2. The van der Waals surface area contributed by atoms with E-state index in [0.29, 0.717) is 6.42 Å². The third-order valence-electron chi connectivity index (χ3n) is 2.59. The van der Waals surface area contributed by atoms with Crippen molar-refractivity contribution in [2.24, 2.45) is 0 Å². The number of carbonyl (C=O) groups is 2. The molecule has 0 spiro atoms. The Balaban J connectivity index is 2.53. The molecule has 1 atom stereocenters. The van der Waals surface area contributed by atoms with E-state index in [4.69, 9.17) is 5.11 Å². The van der Waals surface area contributed by atoms with Crippen LogP contribution in [-0.4, -0.2) is 53.5 Å². The van der Waals surface area contributed by atoms with Crippen LogP contribution < -0.4 is 5.32 Å². The molecule has 0 unspecified atom stereocenters. The first-order chi connectivity index (χ1) is 8.25. The van der Waals surface area contributed by atoms with Crippen molar-refractivity contribution in [3.8, 4) is 0 Å². The van der Waals surface area contributed by atoms with Crippen molar-refractivity contribution in [1.29, 1.82) is 0 Å². The zero-order chi connectivity index (χ0) is 13.9. The van der Waals surface area contributed by atoms with Gasteiger partial charge in [-0.1, -0.05) is 0 Å². The summed E-state index contributed by atoms with van der Waals surface area (Å²) in [4.78, 5) is 23.0. The molecular weight excluding hydrogens is 260 g/mol. The molecule has 104 valence electrons. The second kappa shape index (κ2) is 5.40. The first-order valence-electron chi connectivity index (χ1n) is 5.19. The lowest BCUT2D eigenvalue weighted by atomic mass is 10.2. The maximum Gasteiger partial charge on any atom is 0.326 e. The highest BCUT2D eigenvalue weighted by Crippen LogP contribution is 2.22. The van der Waals surface area contributed by atoms with Crippen LogP contribution in [0.4, 0.5) is 22.4 Å². The van der Waals surface area contributed by atoms with Gasteiger partial charge < -0.3 is 15.3 Å². The second-order valence-corrected chi connectivity index (χ2v) is 3.91. The molecule has 0 aromatic heterocycles. The van der Waals surface area contributed by atoms with Gasteiger partial charge in [0.1, 0.15) is 6.04 Å². The van der Waals surface area contributed by atoms with Gasteiger partial charge in [0.15, 0.2) is 0 Å². The molecule has 0 radical (unpaired) electrons.